The van der Waals surface area contributed by atoms with Gasteiger partial charge in [0.2, 0.25) is 10.0 Å². The Morgan fingerprint density at radius 3 is 2.06 bits per heavy atom. The number of nitrogens with zero attached hydrogens (tertiary/aromatic N) is 2. The minimum Gasteiger partial charge on any atom is -0.257 e. The Labute approximate surface area is 188 Å². The maximum atomic E-state index is 11.5. The molecule has 2 aromatic rings. The molecule has 6 heteroatoms. The van der Waals surface area contributed by atoms with Crippen molar-refractivity contribution in [3.05, 3.63) is 84.0 Å². The second-order valence-corrected chi connectivity index (χ2v) is 7.87. The summed E-state index contributed by atoms with van der Waals surface area (Å²) in [4.78, 5) is 0.0916. The number of rotatable bonds is 5. The van der Waals surface area contributed by atoms with Gasteiger partial charge >= 0.3 is 0 Å². The van der Waals surface area contributed by atoms with Gasteiger partial charge in [-0.2, -0.15) is 5.10 Å². The van der Waals surface area contributed by atoms with Crippen molar-refractivity contribution in [2.24, 2.45) is 10.2 Å². The number of sulfonamides is 1. The fourth-order valence-corrected chi connectivity index (χ4v) is 3.71. The van der Waals surface area contributed by atoms with Crippen molar-refractivity contribution >= 4 is 21.4 Å². The molecule has 1 heterocycles. The third kappa shape index (κ3) is 6.91. The Kier molecular flexibility index (Phi) is 10.9. The zero-order chi connectivity index (χ0) is 23.4. The second-order valence-electron chi connectivity index (χ2n) is 6.30. The quantitative estimate of drug-likeness (QED) is 0.588. The molecule has 0 amide bonds. The highest BCUT2D eigenvalue weighted by atomic mass is 32.2. The number of nitrogens with two attached hydrogens (primary N) is 1. The minimum atomic E-state index is -3.72. The molecular formula is C25H35N3O2S. The molecule has 0 saturated heterocycles. The monoisotopic (exact) mass is 441 g/mol. The molecule has 2 N–H and O–H groups in total. The molecule has 1 aliphatic rings. The van der Waals surface area contributed by atoms with Crippen molar-refractivity contribution in [2.45, 2.75) is 58.9 Å². The van der Waals surface area contributed by atoms with Gasteiger partial charge in [-0.1, -0.05) is 76.3 Å². The van der Waals surface area contributed by atoms with E-state index in [1.165, 1.54) is 12.1 Å². The number of hydrazone groups is 1. The van der Waals surface area contributed by atoms with Crippen LogP contribution in [0, 0.1) is 0 Å². The smallest absolute Gasteiger partial charge is 0.238 e. The van der Waals surface area contributed by atoms with E-state index >= 15 is 0 Å². The van der Waals surface area contributed by atoms with Crippen molar-refractivity contribution in [3.8, 4) is 0 Å². The summed E-state index contributed by atoms with van der Waals surface area (Å²) in [5.74, 6) is 0. The molecule has 0 radical (unpaired) electrons. The minimum absolute atomic E-state index is 0.0433. The van der Waals surface area contributed by atoms with Gasteiger partial charge in [-0.05, 0) is 49.2 Å². The molecule has 0 bridgehead atoms. The highest BCUT2D eigenvalue weighted by Gasteiger charge is 2.30. The van der Waals surface area contributed by atoms with Crippen LogP contribution in [0.25, 0.3) is 0 Å². The Hall–Kier alpha value is -2.70. The summed E-state index contributed by atoms with van der Waals surface area (Å²) in [7, 11) is -3.72. The highest BCUT2D eigenvalue weighted by molar-refractivity contribution is 7.89. The van der Waals surface area contributed by atoms with Gasteiger partial charge in [0.05, 0.1) is 22.3 Å². The molecule has 1 atom stereocenters. The number of primary sulfonamides is 1. The third-order valence-electron chi connectivity index (χ3n) is 4.52. The molecule has 5 nitrogen and oxygen atoms in total. The molecular weight excluding hydrogens is 406 g/mol. The average Bonchev–Trinajstić information content (AvgIpc) is 3.25. The van der Waals surface area contributed by atoms with E-state index in [4.69, 9.17) is 10.2 Å². The second kappa shape index (κ2) is 12.9. The Bertz CT molecular complexity index is 993. The van der Waals surface area contributed by atoms with Gasteiger partial charge in [-0.15, -0.1) is 0 Å². The summed E-state index contributed by atoms with van der Waals surface area (Å²) < 4.78 is 23.0. The van der Waals surface area contributed by atoms with Crippen LogP contribution in [-0.2, 0) is 10.0 Å². The first kappa shape index (κ1) is 26.3. The van der Waals surface area contributed by atoms with E-state index in [0.29, 0.717) is 0 Å². The molecule has 1 aliphatic heterocycles. The van der Waals surface area contributed by atoms with Gasteiger partial charge in [0.25, 0.3) is 0 Å². The number of hydrogen-bond acceptors (Lipinski definition) is 4. The van der Waals surface area contributed by atoms with Crippen molar-refractivity contribution in [1.82, 2.24) is 0 Å². The van der Waals surface area contributed by atoms with Gasteiger partial charge in [0, 0.05) is 6.42 Å². The summed E-state index contributed by atoms with van der Waals surface area (Å²) >= 11 is 0. The third-order valence-corrected chi connectivity index (χ3v) is 5.45. The molecule has 0 saturated carbocycles. The van der Waals surface area contributed by atoms with E-state index in [2.05, 4.69) is 24.3 Å². The van der Waals surface area contributed by atoms with Gasteiger partial charge in [-0.25, -0.2) is 13.6 Å². The van der Waals surface area contributed by atoms with Crippen LogP contribution in [0.4, 0.5) is 5.69 Å². The summed E-state index contributed by atoms with van der Waals surface area (Å²) in [6, 6.07) is 16.6. The maximum Gasteiger partial charge on any atom is 0.238 e. The van der Waals surface area contributed by atoms with Crippen molar-refractivity contribution < 1.29 is 8.42 Å². The molecule has 31 heavy (non-hydrogen) atoms. The van der Waals surface area contributed by atoms with Crippen LogP contribution in [0.5, 0.6) is 0 Å². The van der Waals surface area contributed by atoms with E-state index in [1.54, 1.807) is 12.1 Å². The lowest BCUT2D eigenvalue weighted by Crippen LogP contribution is -2.28. The Morgan fingerprint density at radius 2 is 1.58 bits per heavy atom. The summed E-state index contributed by atoms with van der Waals surface area (Å²) in [5.41, 5.74) is 4.06. The fourth-order valence-electron chi connectivity index (χ4n) is 3.19. The molecule has 0 fully saturated rings. The van der Waals surface area contributed by atoms with Crippen LogP contribution >= 0.6 is 0 Å². The SMILES string of the molecule is C/C=C\C(=C/C)C1CC(c2ccccc2)=NN1c1ccc(S(N)(=O)=O)cc1.CC.CC. The fraction of sp³-hybridized carbons (Fsp3) is 0.320. The van der Waals surface area contributed by atoms with E-state index < -0.39 is 10.0 Å². The summed E-state index contributed by atoms with van der Waals surface area (Å²) in [6.45, 7) is 12.0. The van der Waals surface area contributed by atoms with Crippen LogP contribution in [0.2, 0.25) is 0 Å². The highest BCUT2D eigenvalue weighted by Crippen LogP contribution is 2.31. The van der Waals surface area contributed by atoms with E-state index in [1.807, 2.05) is 70.8 Å². The van der Waals surface area contributed by atoms with Gasteiger partial charge in [0.1, 0.15) is 0 Å². The topological polar surface area (TPSA) is 75.8 Å². The van der Waals surface area contributed by atoms with E-state index in [9.17, 15) is 8.42 Å². The van der Waals surface area contributed by atoms with Gasteiger partial charge < -0.3 is 0 Å². The summed E-state index contributed by atoms with van der Waals surface area (Å²) in [5, 5.41) is 12.0. The van der Waals surface area contributed by atoms with Crippen molar-refractivity contribution in [2.75, 3.05) is 5.01 Å². The lowest BCUT2D eigenvalue weighted by Gasteiger charge is -2.24. The van der Waals surface area contributed by atoms with Gasteiger partial charge in [0.15, 0.2) is 0 Å². The molecule has 0 aliphatic carbocycles. The lowest BCUT2D eigenvalue weighted by atomic mass is 9.97. The average molecular weight is 442 g/mol. The van der Waals surface area contributed by atoms with E-state index in [0.717, 1.165) is 29.0 Å². The van der Waals surface area contributed by atoms with Crippen LogP contribution in [-0.4, -0.2) is 20.2 Å². The predicted molar refractivity (Wildman–Crippen MR) is 133 cm³/mol. The van der Waals surface area contributed by atoms with Crippen LogP contribution in [0.3, 0.4) is 0 Å². The normalized spacial score (nSPS) is 16.2. The molecule has 2 aromatic carbocycles. The maximum absolute atomic E-state index is 11.5. The van der Waals surface area contributed by atoms with Crippen molar-refractivity contribution in [1.29, 1.82) is 0 Å². The van der Waals surface area contributed by atoms with Crippen molar-refractivity contribution in [3.63, 3.8) is 0 Å². The van der Waals surface area contributed by atoms with Crippen LogP contribution in [0.15, 0.2) is 88.4 Å². The summed E-state index contributed by atoms with van der Waals surface area (Å²) in [6.07, 6.45) is 6.95. The molecule has 3 rings (SSSR count). The molecule has 168 valence electrons. The Balaban J connectivity index is 0.00000113. The zero-order valence-electron chi connectivity index (χ0n) is 19.4. The largest absolute Gasteiger partial charge is 0.257 e. The predicted octanol–water partition coefficient (Wildman–Crippen LogP) is 5.89. The first-order valence-electron chi connectivity index (χ1n) is 10.8. The number of hydrogen-bond donors (Lipinski definition) is 1. The van der Waals surface area contributed by atoms with E-state index in [-0.39, 0.29) is 10.9 Å². The molecule has 0 spiro atoms. The molecule has 1 unspecified atom stereocenters. The standard InChI is InChI=1S/C21H23N3O2S.2C2H6/c1-3-8-16(4-2)21-15-20(17-9-6-5-7-10-17)23-24(21)18-11-13-19(14-12-18)27(22,25)26;2*1-2/h3-14,21H,15H2,1-2H3,(H2,22,25,26);2*1-2H3/b8-3-,16-4+;;. The zero-order valence-corrected chi connectivity index (χ0v) is 20.2. The first-order valence-corrected chi connectivity index (χ1v) is 12.3. The first-order chi connectivity index (χ1) is 14.9. The van der Waals surface area contributed by atoms with Crippen LogP contribution in [0.1, 0.15) is 53.5 Å². The number of anilines is 1. The number of allylic oxidation sites excluding steroid dienone is 2. The molecule has 0 aromatic heterocycles. The van der Waals surface area contributed by atoms with Gasteiger partial charge in [-0.3, -0.25) is 5.01 Å². The lowest BCUT2D eigenvalue weighted by molar-refractivity contribution is 0.598. The van der Waals surface area contributed by atoms with Crippen LogP contribution < -0.4 is 10.1 Å². The number of benzene rings is 2. The Morgan fingerprint density at radius 1 is 1.00 bits per heavy atom.